The summed E-state index contributed by atoms with van der Waals surface area (Å²) in [6.45, 7) is 5.26. The van der Waals surface area contributed by atoms with Crippen molar-refractivity contribution in [1.82, 2.24) is 15.1 Å². The molecule has 1 saturated heterocycles. The number of amidine groups is 1. The summed E-state index contributed by atoms with van der Waals surface area (Å²) in [6, 6.07) is 0. The Labute approximate surface area is 78.9 Å². The normalized spacial score (nSPS) is 24.1. The molecular formula is C9H15N4. The summed E-state index contributed by atoms with van der Waals surface area (Å²) in [4.78, 5) is 8.98. The fraction of sp³-hybridized carbons (Fsp3) is 0.667. The average molecular weight is 179 g/mol. The van der Waals surface area contributed by atoms with Crippen LogP contribution in [-0.2, 0) is 0 Å². The zero-order valence-corrected chi connectivity index (χ0v) is 7.95. The van der Waals surface area contributed by atoms with Crippen LogP contribution in [0.25, 0.3) is 0 Å². The minimum absolute atomic E-state index is 0.820. The highest BCUT2D eigenvalue weighted by atomic mass is 15.3. The van der Waals surface area contributed by atoms with E-state index in [0.29, 0.717) is 0 Å². The van der Waals surface area contributed by atoms with E-state index in [1.165, 1.54) is 0 Å². The molecule has 2 aliphatic heterocycles. The number of aliphatic imine (C=N–C) groups is 1. The Morgan fingerprint density at radius 1 is 1.38 bits per heavy atom. The van der Waals surface area contributed by atoms with Crippen LogP contribution < -0.4 is 5.32 Å². The van der Waals surface area contributed by atoms with Crippen molar-refractivity contribution in [3.05, 3.63) is 12.4 Å². The van der Waals surface area contributed by atoms with Gasteiger partial charge in [-0.2, -0.15) is 0 Å². The molecule has 0 aromatic heterocycles. The van der Waals surface area contributed by atoms with E-state index in [9.17, 15) is 0 Å². The number of hydrogen-bond acceptors (Lipinski definition) is 4. The van der Waals surface area contributed by atoms with Crippen molar-refractivity contribution in [2.24, 2.45) is 4.99 Å². The molecule has 4 nitrogen and oxygen atoms in total. The maximum Gasteiger partial charge on any atom is 0.124 e. The molecule has 0 spiro atoms. The summed E-state index contributed by atoms with van der Waals surface area (Å²) in [6.07, 6.45) is 4.57. The number of nitrogens with one attached hydrogen (secondary N) is 1. The molecule has 0 aromatic rings. The van der Waals surface area contributed by atoms with Gasteiger partial charge in [-0.3, -0.25) is 0 Å². The lowest BCUT2D eigenvalue weighted by atomic mass is 10.3. The monoisotopic (exact) mass is 179 g/mol. The van der Waals surface area contributed by atoms with Crippen molar-refractivity contribution in [3.8, 4) is 0 Å². The fourth-order valence-corrected chi connectivity index (χ4v) is 1.59. The predicted molar refractivity (Wildman–Crippen MR) is 52.3 cm³/mol. The molecule has 2 heterocycles. The van der Waals surface area contributed by atoms with Gasteiger partial charge in [0.05, 0.1) is 18.9 Å². The maximum absolute atomic E-state index is 4.30. The molecule has 4 heteroatoms. The first-order valence-corrected chi connectivity index (χ1v) is 4.66. The maximum atomic E-state index is 4.30. The van der Waals surface area contributed by atoms with Crippen molar-refractivity contribution < 1.29 is 0 Å². The van der Waals surface area contributed by atoms with E-state index >= 15 is 0 Å². The molecule has 0 aromatic carbocycles. The van der Waals surface area contributed by atoms with Gasteiger partial charge in [-0.25, -0.2) is 4.99 Å². The number of nitrogens with zero attached hydrogens (tertiary/aromatic N) is 3. The molecule has 0 amide bonds. The van der Waals surface area contributed by atoms with Crippen molar-refractivity contribution in [2.45, 2.75) is 0 Å². The van der Waals surface area contributed by atoms with Crippen LogP contribution in [0.4, 0.5) is 0 Å². The van der Waals surface area contributed by atoms with Gasteiger partial charge in [0.2, 0.25) is 0 Å². The largest absolute Gasteiger partial charge is 0.375 e. The van der Waals surface area contributed by atoms with E-state index in [2.05, 4.69) is 33.4 Å². The topological polar surface area (TPSA) is 30.9 Å². The molecule has 0 aliphatic carbocycles. The van der Waals surface area contributed by atoms with Crippen LogP contribution in [0, 0.1) is 6.20 Å². The van der Waals surface area contributed by atoms with Gasteiger partial charge < -0.3 is 15.1 Å². The quantitative estimate of drug-likeness (QED) is 0.544. The van der Waals surface area contributed by atoms with E-state index in [4.69, 9.17) is 0 Å². The predicted octanol–water partition coefficient (Wildman–Crippen LogP) is -0.490. The molecule has 0 bridgehead atoms. The summed E-state index contributed by atoms with van der Waals surface area (Å²) in [5, 5.41) is 3.05. The van der Waals surface area contributed by atoms with Crippen LogP contribution in [-0.4, -0.2) is 55.4 Å². The first kappa shape index (κ1) is 8.56. The summed E-state index contributed by atoms with van der Waals surface area (Å²) in [5.74, 6) is 1.15. The number of piperazine rings is 1. The Balaban J connectivity index is 1.93. The Bertz CT molecular complexity index is 226. The Morgan fingerprint density at radius 2 is 2.15 bits per heavy atom. The van der Waals surface area contributed by atoms with E-state index in [0.717, 1.165) is 38.6 Å². The smallest absolute Gasteiger partial charge is 0.124 e. The first-order valence-electron chi connectivity index (χ1n) is 4.66. The van der Waals surface area contributed by atoms with E-state index in [1.807, 2.05) is 0 Å². The van der Waals surface area contributed by atoms with Crippen molar-refractivity contribution in [2.75, 3.05) is 39.8 Å². The van der Waals surface area contributed by atoms with Crippen molar-refractivity contribution in [1.29, 1.82) is 0 Å². The zero-order chi connectivity index (χ0) is 9.10. The lowest BCUT2D eigenvalue weighted by Crippen LogP contribution is -2.49. The second-order valence-corrected chi connectivity index (χ2v) is 3.46. The van der Waals surface area contributed by atoms with Gasteiger partial charge in [-0.15, -0.1) is 0 Å². The molecule has 1 fully saturated rings. The second kappa shape index (κ2) is 3.79. The van der Waals surface area contributed by atoms with Gasteiger partial charge in [-0.1, -0.05) is 0 Å². The van der Waals surface area contributed by atoms with Crippen LogP contribution >= 0.6 is 0 Å². The van der Waals surface area contributed by atoms with Crippen LogP contribution in [0.5, 0.6) is 0 Å². The molecular weight excluding hydrogens is 164 g/mol. The molecule has 2 rings (SSSR count). The second-order valence-electron chi connectivity index (χ2n) is 3.46. The standard InChI is InChI=1S/C9H15N4/c1-12-4-6-13(7-5-12)9-8-10-2-3-11-9/h3,10H,4-8H2,1H3. The van der Waals surface area contributed by atoms with Crippen molar-refractivity contribution in [3.63, 3.8) is 0 Å². The van der Waals surface area contributed by atoms with Gasteiger partial charge in [-0.05, 0) is 7.05 Å². The van der Waals surface area contributed by atoms with Crippen LogP contribution in [0.15, 0.2) is 11.2 Å². The van der Waals surface area contributed by atoms with Crippen LogP contribution in [0.2, 0.25) is 0 Å². The van der Waals surface area contributed by atoms with Gasteiger partial charge in [0.15, 0.2) is 0 Å². The van der Waals surface area contributed by atoms with Crippen molar-refractivity contribution >= 4 is 5.84 Å². The minimum atomic E-state index is 0.820. The number of rotatable bonds is 0. The van der Waals surface area contributed by atoms with Crippen LogP contribution in [0.3, 0.4) is 0 Å². The summed E-state index contributed by atoms with van der Waals surface area (Å²) in [5.41, 5.74) is 0. The summed E-state index contributed by atoms with van der Waals surface area (Å²) < 4.78 is 0. The van der Waals surface area contributed by atoms with Gasteiger partial charge in [0, 0.05) is 26.2 Å². The third-order valence-corrected chi connectivity index (χ3v) is 2.49. The zero-order valence-electron chi connectivity index (χ0n) is 7.95. The number of likely N-dealkylation sites (N-methyl/N-ethyl adjacent to an activating group) is 1. The number of hydrogen-bond donors (Lipinski definition) is 1. The van der Waals surface area contributed by atoms with E-state index in [-0.39, 0.29) is 0 Å². The molecule has 0 atom stereocenters. The molecule has 1 radical (unpaired) electrons. The molecule has 1 N–H and O–H groups in total. The molecule has 0 saturated carbocycles. The van der Waals surface area contributed by atoms with Crippen LogP contribution in [0.1, 0.15) is 0 Å². The SMILES string of the molecule is CN1CCN(C2=NC=[C]NC2)CC1. The molecule has 71 valence electrons. The first-order chi connectivity index (χ1) is 6.36. The lowest BCUT2D eigenvalue weighted by molar-refractivity contribution is 0.213. The van der Waals surface area contributed by atoms with E-state index < -0.39 is 0 Å². The molecule has 0 unspecified atom stereocenters. The third-order valence-electron chi connectivity index (χ3n) is 2.49. The third kappa shape index (κ3) is 2.01. The minimum Gasteiger partial charge on any atom is -0.375 e. The Hall–Kier alpha value is -1.03. The van der Waals surface area contributed by atoms with E-state index in [1.54, 1.807) is 6.20 Å². The fourth-order valence-electron chi connectivity index (χ4n) is 1.59. The Morgan fingerprint density at radius 3 is 2.77 bits per heavy atom. The average Bonchev–Trinajstić information content (AvgIpc) is 2.20. The summed E-state index contributed by atoms with van der Waals surface area (Å²) >= 11 is 0. The molecule has 13 heavy (non-hydrogen) atoms. The van der Waals surface area contributed by atoms with Gasteiger partial charge in [0.1, 0.15) is 5.84 Å². The van der Waals surface area contributed by atoms with Gasteiger partial charge >= 0.3 is 0 Å². The molecule has 2 aliphatic rings. The highest BCUT2D eigenvalue weighted by molar-refractivity contribution is 5.85. The highest BCUT2D eigenvalue weighted by Crippen LogP contribution is 2.02. The van der Waals surface area contributed by atoms with Gasteiger partial charge in [0.25, 0.3) is 0 Å². The summed E-state index contributed by atoms with van der Waals surface area (Å²) in [7, 11) is 2.16. The highest BCUT2D eigenvalue weighted by Gasteiger charge is 2.17. The lowest BCUT2D eigenvalue weighted by Gasteiger charge is -2.34. The Kier molecular flexibility index (Phi) is 2.49.